The molecule has 0 spiro atoms. The van der Waals surface area contributed by atoms with E-state index in [9.17, 15) is 0 Å². The number of hydrogen-bond acceptors (Lipinski definition) is 3. The van der Waals surface area contributed by atoms with Gasteiger partial charge in [-0.05, 0) is 19.1 Å². The molecule has 4 heteroatoms. The molecule has 92 valence electrons. The fraction of sp³-hybridized carbons (Fsp3) is 0.214. The highest BCUT2D eigenvalue weighted by Gasteiger charge is 2.14. The van der Waals surface area contributed by atoms with Crippen molar-refractivity contribution in [3.05, 3.63) is 42.3 Å². The van der Waals surface area contributed by atoms with Crippen LogP contribution in [0.15, 0.2) is 40.9 Å². The summed E-state index contributed by atoms with van der Waals surface area (Å²) in [7, 11) is 2.01. The van der Waals surface area contributed by atoms with Gasteiger partial charge in [0, 0.05) is 18.0 Å². The van der Waals surface area contributed by atoms with E-state index in [1.807, 2.05) is 26.1 Å². The van der Waals surface area contributed by atoms with Gasteiger partial charge in [-0.15, -0.1) is 0 Å². The van der Waals surface area contributed by atoms with Crippen LogP contribution >= 0.6 is 0 Å². The topological polar surface area (TPSA) is 57.0 Å². The number of aryl methyl sites for hydroxylation is 1. The van der Waals surface area contributed by atoms with Gasteiger partial charge >= 0.3 is 0 Å². The lowest BCUT2D eigenvalue weighted by molar-refractivity contribution is 0.485. The molecule has 0 amide bonds. The number of fused-ring (bicyclic) bond motifs is 1. The molecule has 4 nitrogen and oxygen atoms in total. The molecule has 2 aromatic heterocycles. The molecule has 0 fully saturated rings. The van der Waals surface area contributed by atoms with E-state index < -0.39 is 0 Å². The first-order valence-corrected chi connectivity index (χ1v) is 5.93. The predicted molar refractivity (Wildman–Crippen MR) is 71.0 cm³/mol. The lowest BCUT2D eigenvalue weighted by Gasteiger charge is -2.00. The molecule has 0 aliphatic carbocycles. The molecular formula is C14H15N3O. The number of aromatic nitrogens is 2. The Bertz CT molecular complexity index is 694. The minimum absolute atomic E-state index is 0.138. The van der Waals surface area contributed by atoms with E-state index in [0.29, 0.717) is 11.7 Å². The van der Waals surface area contributed by atoms with Crippen LogP contribution in [-0.4, -0.2) is 9.55 Å². The summed E-state index contributed by atoms with van der Waals surface area (Å²) in [6, 6.07) is 10.1. The molecule has 0 unspecified atom stereocenters. The van der Waals surface area contributed by atoms with Crippen LogP contribution in [0.25, 0.3) is 22.5 Å². The van der Waals surface area contributed by atoms with Crippen LogP contribution in [-0.2, 0) is 7.05 Å². The number of nitrogens with zero attached hydrogens (tertiary/aromatic N) is 2. The Morgan fingerprint density at radius 1 is 1.33 bits per heavy atom. The van der Waals surface area contributed by atoms with Gasteiger partial charge in [-0.3, -0.25) is 0 Å². The molecule has 3 rings (SSSR count). The van der Waals surface area contributed by atoms with Gasteiger partial charge in [-0.2, -0.15) is 0 Å². The van der Waals surface area contributed by atoms with E-state index in [2.05, 4.69) is 27.8 Å². The summed E-state index contributed by atoms with van der Waals surface area (Å²) in [5.74, 6) is 1.32. The van der Waals surface area contributed by atoms with Gasteiger partial charge < -0.3 is 14.7 Å². The zero-order valence-corrected chi connectivity index (χ0v) is 10.4. The highest BCUT2D eigenvalue weighted by molar-refractivity contribution is 5.85. The molecule has 2 N–H and O–H groups in total. The molecule has 0 bridgehead atoms. The quantitative estimate of drug-likeness (QED) is 0.750. The Kier molecular flexibility index (Phi) is 2.45. The average molecular weight is 241 g/mol. The van der Waals surface area contributed by atoms with Gasteiger partial charge in [-0.1, -0.05) is 18.2 Å². The number of benzene rings is 1. The van der Waals surface area contributed by atoms with Crippen molar-refractivity contribution < 1.29 is 4.42 Å². The minimum Gasteiger partial charge on any atom is -0.438 e. The average Bonchev–Trinajstić information content (AvgIpc) is 2.95. The molecule has 0 aliphatic heterocycles. The second kappa shape index (κ2) is 3.99. The second-order valence-corrected chi connectivity index (χ2v) is 4.50. The Hall–Kier alpha value is -2.07. The predicted octanol–water partition coefficient (Wildman–Crippen LogP) is 2.85. The fourth-order valence-corrected chi connectivity index (χ4v) is 2.11. The van der Waals surface area contributed by atoms with E-state index in [0.717, 1.165) is 11.2 Å². The second-order valence-electron chi connectivity index (χ2n) is 4.50. The monoisotopic (exact) mass is 241 g/mol. The van der Waals surface area contributed by atoms with Crippen molar-refractivity contribution in [1.29, 1.82) is 0 Å². The van der Waals surface area contributed by atoms with E-state index in [1.54, 1.807) is 6.20 Å². The lowest BCUT2D eigenvalue weighted by Crippen LogP contribution is -2.02. The largest absolute Gasteiger partial charge is 0.438 e. The smallest absolute Gasteiger partial charge is 0.243 e. The molecule has 0 aliphatic rings. The third-order valence-electron chi connectivity index (χ3n) is 3.14. The first-order valence-electron chi connectivity index (χ1n) is 5.93. The Morgan fingerprint density at radius 3 is 2.78 bits per heavy atom. The van der Waals surface area contributed by atoms with E-state index >= 15 is 0 Å². The maximum absolute atomic E-state index is 5.78. The molecule has 0 radical (unpaired) electrons. The number of nitrogens with two attached hydrogens (primary N) is 1. The lowest BCUT2D eigenvalue weighted by atomic mass is 10.2. The van der Waals surface area contributed by atoms with Gasteiger partial charge in [-0.25, -0.2) is 4.98 Å². The third kappa shape index (κ3) is 1.62. The van der Waals surface area contributed by atoms with Crippen LogP contribution in [0.3, 0.4) is 0 Å². The number of rotatable bonds is 2. The van der Waals surface area contributed by atoms with Crippen molar-refractivity contribution >= 4 is 10.9 Å². The Balaban J connectivity index is 2.15. The van der Waals surface area contributed by atoms with Gasteiger partial charge in [0.1, 0.15) is 11.5 Å². The van der Waals surface area contributed by atoms with Crippen LogP contribution in [0.1, 0.15) is 18.7 Å². The SMILES string of the molecule is C[C@H](N)c1cnc(-c2cc3ccccc3n2C)o1. The van der Waals surface area contributed by atoms with E-state index in [-0.39, 0.29) is 6.04 Å². The molecule has 0 saturated carbocycles. The summed E-state index contributed by atoms with van der Waals surface area (Å²) < 4.78 is 7.76. The Morgan fingerprint density at radius 2 is 2.11 bits per heavy atom. The van der Waals surface area contributed by atoms with Crippen LogP contribution < -0.4 is 5.73 Å². The van der Waals surface area contributed by atoms with Crippen molar-refractivity contribution in [1.82, 2.24) is 9.55 Å². The molecule has 1 atom stereocenters. The molecule has 3 aromatic rings. The fourth-order valence-electron chi connectivity index (χ4n) is 2.11. The highest BCUT2D eigenvalue weighted by atomic mass is 16.4. The van der Waals surface area contributed by atoms with E-state index in [4.69, 9.17) is 10.2 Å². The first kappa shape index (κ1) is 11.0. The summed E-state index contributed by atoms with van der Waals surface area (Å²) in [5, 5.41) is 1.18. The van der Waals surface area contributed by atoms with Crippen LogP contribution in [0.4, 0.5) is 0 Å². The van der Waals surface area contributed by atoms with Crippen LogP contribution in [0, 0.1) is 0 Å². The summed E-state index contributed by atoms with van der Waals surface area (Å²) in [6.45, 7) is 1.88. The molecule has 2 heterocycles. The summed E-state index contributed by atoms with van der Waals surface area (Å²) in [5.41, 5.74) is 7.90. The van der Waals surface area contributed by atoms with Crippen molar-refractivity contribution in [2.45, 2.75) is 13.0 Å². The minimum atomic E-state index is -0.138. The molecule has 0 saturated heterocycles. The molecular weight excluding hydrogens is 226 g/mol. The maximum atomic E-state index is 5.78. The van der Waals surface area contributed by atoms with E-state index in [1.165, 1.54) is 5.39 Å². The van der Waals surface area contributed by atoms with Crippen LogP contribution in [0.2, 0.25) is 0 Å². The van der Waals surface area contributed by atoms with Crippen molar-refractivity contribution in [3.8, 4) is 11.6 Å². The third-order valence-corrected chi connectivity index (χ3v) is 3.14. The first-order chi connectivity index (χ1) is 8.66. The van der Waals surface area contributed by atoms with Crippen molar-refractivity contribution in [2.75, 3.05) is 0 Å². The van der Waals surface area contributed by atoms with Crippen molar-refractivity contribution in [3.63, 3.8) is 0 Å². The van der Waals surface area contributed by atoms with Crippen molar-refractivity contribution in [2.24, 2.45) is 12.8 Å². The highest BCUT2D eigenvalue weighted by Crippen LogP contribution is 2.27. The van der Waals surface area contributed by atoms with Gasteiger partial charge in [0.2, 0.25) is 5.89 Å². The summed E-state index contributed by atoms with van der Waals surface area (Å²) >= 11 is 0. The number of oxazole rings is 1. The van der Waals surface area contributed by atoms with Crippen LogP contribution in [0.5, 0.6) is 0 Å². The molecule has 18 heavy (non-hydrogen) atoms. The maximum Gasteiger partial charge on any atom is 0.243 e. The zero-order valence-electron chi connectivity index (χ0n) is 10.4. The molecule has 1 aromatic carbocycles. The number of para-hydroxylation sites is 1. The zero-order chi connectivity index (χ0) is 12.7. The van der Waals surface area contributed by atoms with Gasteiger partial charge in [0.05, 0.1) is 12.2 Å². The van der Waals surface area contributed by atoms with Gasteiger partial charge in [0.15, 0.2) is 0 Å². The normalized spacial score (nSPS) is 13.1. The Labute approximate surface area is 105 Å². The summed E-state index contributed by atoms with van der Waals surface area (Å²) in [6.07, 6.45) is 1.69. The standard InChI is InChI=1S/C14H15N3O/c1-9(15)13-8-16-14(18-13)12-7-10-5-3-4-6-11(10)17(12)2/h3-9H,15H2,1-2H3/t9-/m0/s1. The van der Waals surface area contributed by atoms with Gasteiger partial charge in [0.25, 0.3) is 0 Å². The number of hydrogen-bond donors (Lipinski definition) is 1. The summed E-state index contributed by atoms with van der Waals surface area (Å²) in [4.78, 5) is 4.30.